The molecule has 52 heavy (non-hydrogen) atoms. The van der Waals surface area contributed by atoms with E-state index >= 15 is 0 Å². The van der Waals surface area contributed by atoms with Gasteiger partial charge in [-0.1, -0.05) is 33.2 Å². The maximum absolute atomic E-state index is 11.7. The van der Waals surface area contributed by atoms with Gasteiger partial charge in [-0.2, -0.15) is 0 Å². The first-order valence-corrected chi connectivity index (χ1v) is 18.7. The Morgan fingerprint density at radius 2 is 1.15 bits per heavy atom. The second-order valence-electron chi connectivity index (χ2n) is 16.5. The van der Waals surface area contributed by atoms with Crippen molar-refractivity contribution < 1.29 is 58.0 Å². The zero-order valence-corrected chi connectivity index (χ0v) is 34.5. The van der Waals surface area contributed by atoms with Crippen molar-refractivity contribution in [3.8, 4) is 0 Å². The SMILES string of the molecule is C=C=C(C)C[C@@H](C)CC[C@@H]1O[C@@H](CCCOC(=O)C(C)(C)C)CC1=C.C=C=C(C)C[C@@H](O)CC[C@@H]1O[C@@H](CCCOC(=O)C(C)(C)C)CC1=C.[Li+].[OH-]. The molecule has 0 aliphatic carbocycles. The predicted molar refractivity (Wildman–Crippen MR) is 206 cm³/mol. The Balaban J connectivity index is 0. The van der Waals surface area contributed by atoms with Crippen LogP contribution in [0.25, 0.3) is 0 Å². The first-order chi connectivity index (χ1) is 23.3. The average Bonchev–Trinajstić information content (AvgIpc) is 3.58. The molecular formula is C43H71LiO8. The van der Waals surface area contributed by atoms with E-state index in [0.717, 1.165) is 75.4 Å². The van der Waals surface area contributed by atoms with Crippen molar-refractivity contribution in [3.63, 3.8) is 0 Å². The van der Waals surface area contributed by atoms with Crippen molar-refractivity contribution in [2.24, 2.45) is 16.7 Å². The van der Waals surface area contributed by atoms with E-state index in [1.54, 1.807) is 0 Å². The van der Waals surface area contributed by atoms with Crippen molar-refractivity contribution in [2.75, 3.05) is 13.2 Å². The monoisotopic (exact) mass is 723 g/mol. The van der Waals surface area contributed by atoms with E-state index in [4.69, 9.17) is 18.9 Å². The van der Waals surface area contributed by atoms with Gasteiger partial charge in [-0.25, -0.2) is 0 Å². The molecule has 0 radical (unpaired) electrons. The molecule has 9 heteroatoms. The first-order valence-electron chi connectivity index (χ1n) is 18.7. The maximum atomic E-state index is 11.7. The molecule has 2 rings (SSSR count). The van der Waals surface area contributed by atoms with Crippen molar-refractivity contribution >= 4 is 11.9 Å². The van der Waals surface area contributed by atoms with Crippen molar-refractivity contribution in [3.05, 3.63) is 60.1 Å². The van der Waals surface area contributed by atoms with Crippen LogP contribution < -0.4 is 18.9 Å². The number of hydrogen-bond acceptors (Lipinski definition) is 8. The van der Waals surface area contributed by atoms with Gasteiger partial charge in [-0.15, -0.1) is 11.5 Å². The van der Waals surface area contributed by atoms with Crippen molar-refractivity contribution in [2.45, 2.75) is 170 Å². The van der Waals surface area contributed by atoms with E-state index < -0.39 is 10.8 Å². The van der Waals surface area contributed by atoms with Gasteiger partial charge in [0.15, 0.2) is 0 Å². The number of ether oxygens (including phenoxy) is 4. The summed E-state index contributed by atoms with van der Waals surface area (Å²) in [6.07, 6.45) is 10.6. The Hall–Kier alpha value is -2.10. The van der Waals surface area contributed by atoms with E-state index in [9.17, 15) is 14.7 Å². The van der Waals surface area contributed by atoms with Gasteiger partial charge in [0.2, 0.25) is 0 Å². The summed E-state index contributed by atoms with van der Waals surface area (Å²) in [5.41, 5.74) is 9.39. The number of rotatable bonds is 18. The smallest absolute Gasteiger partial charge is 0.870 e. The zero-order chi connectivity index (χ0) is 38.1. The van der Waals surface area contributed by atoms with E-state index in [0.29, 0.717) is 32.0 Å². The fraction of sp³-hybridized carbons (Fsp3) is 0.721. The minimum absolute atomic E-state index is 0. The molecule has 0 unspecified atom stereocenters. The third-order valence-corrected chi connectivity index (χ3v) is 9.12. The molecule has 2 aliphatic rings. The summed E-state index contributed by atoms with van der Waals surface area (Å²) in [4.78, 5) is 23.4. The van der Waals surface area contributed by atoms with Crippen LogP contribution in [0.3, 0.4) is 0 Å². The van der Waals surface area contributed by atoms with Crippen LogP contribution in [-0.4, -0.2) is 66.3 Å². The zero-order valence-electron chi connectivity index (χ0n) is 34.5. The van der Waals surface area contributed by atoms with Crippen LogP contribution in [-0.2, 0) is 28.5 Å². The molecule has 2 saturated heterocycles. The average molecular weight is 723 g/mol. The van der Waals surface area contributed by atoms with Crippen molar-refractivity contribution in [1.29, 1.82) is 0 Å². The standard InChI is InChI=1S/C22H36O3.C21H34O4.Li.H2O/c1-8-16(2)14-17(3)11-12-20-18(4)15-19(25-20)10-9-13-24-21(23)22(5,6)7;1-7-15(2)13-17(22)10-11-19-16(3)14-18(25-19)9-8-12-24-20(23)21(4,5)6;;/h17,19-20H,1,4,9-15H2,2-3,5-7H3;17-19,22H,1,3,8-14H2,2,4-6H3;;1H2/q;;+1;/p-1/t17-,19-,20-;17-,18-,19-;;/m00../s1. The molecule has 8 nitrogen and oxygen atoms in total. The minimum atomic E-state index is -0.455. The minimum Gasteiger partial charge on any atom is -0.870 e. The fourth-order valence-electron chi connectivity index (χ4n) is 5.87. The Kier molecular flexibility index (Phi) is 25.8. The summed E-state index contributed by atoms with van der Waals surface area (Å²) >= 11 is 0. The Morgan fingerprint density at radius 3 is 1.54 bits per heavy atom. The van der Waals surface area contributed by atoms with Crippen LogP contribution in [0.1, 0.15) is 139 Å². The molecule has 2 N–H and O–H groups in total. The third-order valence-electron chi connectivity index (χ3n) is 9.12. The van der Waals surface area contributed by atoms with Crippen molar-refractivity contribution in [1.82, 2.24) is 0 Å². The van der Waals surface area contributed by atoms with Gasteiger partial charge in [-0.3, -0.25) is 9.59 Å². The van der Waals surface area contributed by atoms with Crippen LogP contribution in [0.2, 0.25) is 0 Å². The summed E-state index contributed by atoms with van der Waals surface area (Å²) in [6.45, 7) is 33.9. The Morgan fingerprint density at radius 1 is 0.769 bits per heavy atom. The molecule has 0 amide bonds. The summed E-state index contributed by atoms with van der Waals surface area (Å²) in [5.74, 6) is 0.307. The van der Waals surface area contributed by atoms with E-state index in [2.05, 4.69) is 51.6 Å². The number of carbonyl (C=O) groups excluding carboxylic acids is 2. The number of aliphatic hydroxyl groups is 1. The first kappa shape index (κ1) is 52.0. The normalized spacial score (nSPS) is 20.9. The summed E-state index contributed by atoms with van der Waals surface area (Å²) in [6, 6.07) is 0. The van der Waals surface area contributed by atoms with E-state index in [1.165, 1.54) is 11.1 Å². The van der Waals surface area contributed by atoms with Gasteiger partial charge < -0.3 is 29.5 Å². The van der Waals surface area contributed by atoms with E-state index in [1.807, 2.05) is 48.5 Å². The summed E-state index contributed by atoms with van der Waals surface area (Å²) < 4.78 is 22.8. The van der Waals surface area contributed by atoms with Gasteiger partial charge in [0.1, 0.15) is 0 Å². The molecule has 2 fully saturated rings. The number of hydrogen-bond donors (Lipinski definition) is 1. The second kappa shape index (κ2) is 25.8. The number of carbonyl (C=O) groups is 2. The molecule has 0 bridgehead atoms. The molecule has 0 aromatic rings. The van der Waals surface area contributed by atoms with Gasteiger partial charge in [0, 0.05) is 6.42 Å². The molecule has 0 aromatic carbocycles. The second-order valence-corrected chi connectivity index (χ2v) is 16.5. The topological polar surface area (TPSA) is 121 Å². The maximum Gasteiger partial charge on any atom is 1.00 e. The predicted octanol–water partition coefficient (Wildman–Crippen LogP) is 6.77. The molecule has 292 valence electrons. The van der Waals surface area contributed by atoms with Gasteiger partial charge in [0.25, 0.3) is 0 Å². The molecule has 2 heterocycles. The number of aliphatic hydroxyl groups excluding tert-OH is 1. The van der Waals surface area contributed by atoms with Gasteiger partial charge in [0.05, 0.1) is 54.6 Å². The molecule has 0 spiro atoms. The third kappa shape index (κ3) is 21.6. The molecule has 0 aromatic heterocycles. The number of allylic oxidation sites excluding steroid dienone is 1. The van der Waals surface area contributed by atoms with E-state index in [-0.39, 0.29) is 66.8 Å². The Bertz CT molecular complexity index is 1120. The van der Waals surface area contributed by atoms with Crippen LogP contribution in [0, 0.1) is 16.7 Å². The molecule has 0 saturated carbocycles. The largest absolute Gasteiger partial charge is 1.00 e. The number of esters is 2. The quantitative estimate of drug-likeness (QED) is 0.0542. The Labute approximate surface area is 328 Å². The van der Waals surface area contributed by atoms with Crippen LogP contribution in [0.15, 0.2) is 60.1 Å². The van der Waals surface area contributed by atoms with Crippen LogP contribution in [0.5, 0.6) is 0 Å². The molecule has 2 aliphatic heterocycles. The van der Waals surface area contributed by atoms with Crippen LogP contribution in [0.4, 0.5) is 0 Å². The summed E-state index contributed by atoms with van der Waals surface area (Å²) in [5, 5.41) is 10.0. The fourth-order valence-corrected chi connectivity index (χ4v) is 5.87. The van der Waals surface area contributed by atoms with Gasteiger partial charge in [-0.05, 0) is 154 Å². The summed E-state index contributed by atoms with van der Waals surface area (Å²) in [7, 11) is 0. The molecular weight excluding hydrogens is 651 g/mol. The van der Waals surface area contributed by atoms with Crippen LogP contribution >= 0.6 is 0 Å². The van der Waals surface area contributed by atoms with Gasteiger partial charge >= 0.3 is 30.8 Å². The molecule has 6 atom stereocenters.